The van der Waals surface area contributed by atoms with Crippen LogP contribution >= 0.6 is 15.9 Å². The molecule has 1 N–H and O–H groups in total. The zero-order valence-electron chi connectivity index (χ0n) is 16.9. The van der Waals surface area contributed by atoms with Gasteiger partial charge in [0.1, 0.15) is 12.1 Å². The van der Waals surface area contributed by atoms with Crippen molar-refractivity contribution in [2.75, 3.05) is 13.1 Å². The summed E-state index contributed by atoms with van der Waals surface area (Å²) in [7, 11) is -4.36. The summed E-state index contributed by atoms with van der Waals surface area (Å²) in [6.07, 6.45) is 0.0536. The van der Waals surface area contributed by atoms with E-state index in [4.69, 9.17) is 0 Å². The summed E-state index contributed by atoms with van der Waals surface area (Å²) in [5.74, 6) is -1.88. The Morgan fingerprint density at radius 2 is 1.84 bits per heavy atom. The van der Waals surface area contributed by atoms with Gasteiger partial charge in [-0.1, -0.05) is 40.2 Å². The van der Waals surface area contributed by atoms with Crippen molar-refractivity contribution in [3.05, 3.63) is 68.7 Å². The fourth-order valence-electron chi connectivity index (χ4n) is 3.64. The van der Waals surface area contributed by atoms with Crippen LogP contribution in [0.25, 0.3) is 0 Å². The number of nitro groups is 1. The van der Waals surface area contributed by atoms with Gasteiger partial charge in [-0.2, -0.15) is 4.31 Å². The van der Waals surface area contributed by atoms with E-state index in [-0.39, 0.29) is 19.5 Å². The van der Waals surface area contributed by atoms with Crippen LogP contribution in [-0.2, 0) is 26.0 Å². The molecule has 0 aliphatic carbocycles. The van der Waals surface area contributed by atoms with Gasteiger partial charge in [0, 0.05) is 30.0 Å². The standard InChI is InChI=1S/C20H20BrN3O7S/c1-13-19(25)22(17(20(26)27)12-14-6-8-15(21)9-7-14)10-11-23(13)32(30,31)18-5-3-2-4-16(18)24(28)29/h2-9,13,17H,10-12H2,1H3,(H,26,27)/t13-,17?/m0/s1. The fraction of sp³-hybridized carbons (Fsp3) is 0.300. The predicted molar refractivity (Wildman–Crippen MR) is 117 cm³/mol. The number of piperazine rings is 1. The van der Waals surface area contributed by atoms with Gasteiger partial charge in [-0.05, 0) is 30.7 Å². The molecule has 2 atom stereocenters. The molecule has 170 valence electrons. The maximum atomic E-state index is 13.1. The lowest BCUT2D eigenvalue weighted by molar-refractivity contribution is -0.387. The van der Waals surface area contributed by atoms with Crippen LogP contribution in [0.1, 0.15) is 12.5 Å². The van der Waals surface area contributed by atoms with E-state index in [0.29, 0.717) is 5.56 Å². The van der Waals surface area contributed by atoms with Gasteiger partial charge in [0.15, 0.2) is 4.90 Å². The van der Waals surface area contributed by atoms with Gasteiger partial charge in [0.25, 0.3) is 15.7 Å². The summed E-state index contributed by atoms with van der Waals surface area (Å²) in [5.41, 5.74) is 0.115. The smallest absolute Gasteiger partial charge is 0.326 e. The first-order valence-corrected chi connectivity index (χ1v) is 11.8. The van der Waals surface area contributed by atoms with Gasteiger partial charge in [-0.3, -0.25) is 14.9 Å². The van der Waals surface area contributed by atoms with Crippen molar-refractivity contribution in [3.63, 3.8) is 0 Å². The summed E-state index contributed by atoms with van der Waals surface area (Å²) in [6, 6.07) is 9.50. The second-order valence-electron chi connectivity index (χ2n) is 7.23. The SMILES string of the molecule is C[C@H]1C(=O)N(C(Cc2ccc(Br)cc2)C(=O)O)CCN1S(=O)(=O)c1ccccc1[N+](=O)[O-]. The number of carboxylic acid groups (broad SMARTS) is 1. The van der Waals surface area contributed by atoms with Crippen molar-refractivity contribution in [2.45, 2.75) is 30.3 Å². The fourth-order valence-corrected chi connectivity index (χ4v) is 5.64. The molecule has 2 aromatic carbocycles. The van der Waals surface area contributed by atoms with Gasteiger partial charge in [-0.15, -0.1) is 0 Å². The van der Waals surface area contributed by atoms with Gasteiger partial charge in [0.2, 0.25) is 5.91 Å². The largest absolute Gasteiger partial charge is 0.480 e. The van der Waals surface area contributed by atoms with Gasteiger partial charge >= 0.3 is 5.97 Å². The molecule has 0 bridgehead atoms. The Balaban J connectivity index is 1.87. The highest BCUT2D eigenvalue weighted by atomic mass is 79.9. The Morgan fingerprint density at radius 3 is 2.44 bits per heavy atom. The van der Waals surface area contributed by atoms with Crippen molar-refractivity contribution in [1.82, 2.24) is 9.21 Å². The minimum absolute atomic E-state index is 0.0536. The molecule has 0 radical (unpaired) electrons. The van der Waals surface area contributed by atoms with E-state index in [2.05, 4.69) is 15.9 Å². The monoisotopic (exact) mass is 525 g/mol. The number of hydrogen-bond acceptors (Lipinski definition) is 6. The van der Waals surface area contributed by atoms with Crippen LogP contribution < -0.4 is 0 Å². The lowest BCUT2D eigenvalue weighted by Crippen LogP contribution is -2.61. The molecular weight excluding hydrogens is 506 g/mol. The normalized spacial score (nSPS) is 18.4. The highest BCUT2D eigenvalue weighted by molar-refractivity contribution is 9.10. The van der Waals surface area contributed by atoms with Crippen LogP contribution in [0.2, 0.25) is 0 Å². The molecule has 10 nitrogen and oxygen atoms in total. The van der Waals surface area contributed by atoms with E-state index in [0.717, 1.165) is 25.8 Å². The Morgan fingerprint density at radius 1 is 1.22 bits per heavy atom. The molecule has 1 fully saturated rings. The summed E-state index contributed by atoms with van der Waals surface area (Å²) in [5, 5.41) is 21.0. The van der Waals surface area contributed by atoms with Crippen LogP contribution in [0.4, 0.5) is 5.69 Å². The Kier molecular flexibility index (Phi) is 6.96. The quantitative estimate of drug-likeness (QED) is 0.432. The summed E-state index contributed by atoms with van der Waals surface area (Å²) in [6.45, 7) is 1.00. The number of aliphatic carboxylic acids is 1. The Hall–Kier alpha value is -2.83. The number of nitro benzene ring substituents is 1. The van der Waals surface area contributed by atoms with Crippen molar-refractivity contribution >= 4 is 43.5 Å². The first kappa shape index (κ1) is 23.8. The number of amides is 1. The number of para-hydroxylation sites is 1. The molecule has 0 saturated carbocycles. The molecule has 1 saturated heterocycles. The van der Waals surface area contributed by atoms with E-state index >= 15 is 0 Å². The molecule has 0 spiro atoms. The maximum Gasteiger partial charge on any atom is 0.326 e. The number of carboxylic acids is 1. The molecular formula is C20H20BrN3O7S. The highest BCUT2D eigenvalue weighted by Gasteiger charge is 2.44. The average molecular weight is 526 g/mol. The van der Waals surface area contributed by atoms with E-state index < -0.39 is 49.5 Å². The van der Waals surface area contributed by atoms with Gasteiger partial charge < -0.3 is 10.0 Å². The summed E-state index contributed by atoms with van der Waals surface area (Å²) < 4.78 is 28.0. The number of nitrogens with zero attached hydrogens (tertiary/aromatic N) is 3. The summed E-state index contributed by atoms with van der Waals surface area (Å²) in [4.78, 5) is 36.1. The average Bonchev–Trinajstić information content (AvgIpc) is 2.75. The molecule has 2 aromatic rings. The van der Waals surface area contributed by atoms with E-state index in [1.54, 1.807) is 24.3 Å². The third-order valence-corrected chi connectivity index (χ3v) is 7.83. The van der Waals surface area contributed by atoms with Crippen LogP contribution in [0.3, 0.4) is 0 Å². The molecule has 1 aliphatic rings. The number of carbonyl (C=O) groups excluding carboxylic acids is 1. The first-order chi connectivity index (χ1) is 15.0. The third kappa shape index (κ3) is 4.66. The number of sulfonamides is 1. The number of rotatable bonds is 7. The molecule has 12 heteroatoms. The van der Waals surface area contributed by atoms with Crippen LogP contribution in [-0.4, -0.2) is 64.7 Å². The zero-order valence-corrected chi connectivity index (χ0v) is 19.3. The molecule has 1 amide bonds. The lowest BCUT2D eigenvalue weighted by atomic mass is 10.0. The molecule has 0 aromatic heterocycles. The predicted octanol–water partition coefficient (Wildman–Crippen LogP) is 2.27. The Bertz CT molecular complexity index is 1150. The minimum Gasteiger partial charge on any atom is -0.480 e. The third-order valence-electron chi connectivity index (χ3n) is 5.29. The van der Waals surface area contributed by atoms with Gasteiger partial charge in [0.05, 0.1) is 4.92 Å². The number of carbonyl (C=O) groups is 2. The second-order valence-corrected chi connectivity index (χ2v) is 10.0. The zero-order chi connectivity index (χ0) is 23.6. The highest BCUT2D eigenvalue weighted by Crippen LogP contribution is 2.29. The molecule has 1 aliphatic heterocycles. The number of halogens is 1. The van der Waals surface area contributed by atoms with Gasteiger partial charge in [-0.25, -0.2) is 13.2 Å². The maximum absolute atomic E-state index is 13.1. The minimum atomic E-state index is -4.36. The van der Waals surface area contributed by atoms with Crippen molar-refractivity contribution in [1.29, 1.82) is 0 Å². The van der Waals surface area contributed by atoms with E-state index in [1.165, 1.54) is 19.1 Å². The van der Waals surface area contributed by atoms with Crippen LogP contribution in [0.5, 0.6) is 0 Å². The molecule has 32 heavy (non-hydrogen) atoms. The molecule has 1 heterocycles. The lowest BCUT2D eigenvalue weighted by Gasteiger charge is -2.40. The van der Waals surface area contributed by atoms with Crippen molar-refractivity contribution < 1.29 is 28.0 Å². The van der Waals surface area contributed by atoms with E-state index in [9.17, 15) is 33.2 Å². The van der Waals surface area contributed by atoms with Crippen LogP contribution in [0, 0.1) is 10.1 Å². The number of benzene rings is 2. The molecule has 3 rings (SSSR count). The van der Waals surface area contributed by atoms with Crippen LogP contribution in [0.15, 0.2) is 57.9 Å². The number of hydrogen-bond donors (Lipinski definition) is 1. The van der Waals surface area contributed by atoms with Crippen molar-refractivity contribution in [2.24, 2.45) is 0 Å². The van der Waals surface area contributed by atoms with E-state index in [1.807, 2.05) is 0 Å². The summed E-state index contributed by atoms with van der Waals surface area (Å²) >= 11 is 3.31. The topological polar surface area (TPSA) is 138 Å². The Labute approximate surface area is 192 Å². The van der Waals surface area contributed by atoms with Crippen molar-refractivity contribution in [3.8, 4) is 0 Å². The second kappa shape index (κ2) is 9.35. The first-order valence-electron chi connectivity index (χ1n) is 9.57. The molecule has 1 unspecified atom stereocenters.